The maximum absolute atomic E-state index is 14.8. The molecule has 0 saturated heterocycles. The van der Waals surface area contributed by atoms with E-state index in [9.17, 15) is 24.3 Å². The van der Waals surface area contributed by atoms with Crippen LogP contribution in [0, 0.1) is 34.5 Å². The summed E-state index contributed by atoms with van der Waals surface area (Å²) in [7, 11) is 0. The summed E-state index contributed by atoms with van der Waals surface area (Å²) in [5.41, 5.74) is -2.93. The highest BCUT2D eigenvalue weighted by Crippen LogP contribution is 2.72. The maximum Gasteiger partial charge on any atom is 0.331 e. The fraction of sp³-hybridized carbons (Fsp3) is 0.684. The second-order valence-electron chi connectivity index (χ2n) is 14.6. The highest BCUT2D eigenvalue weighted by molar-refractivity contribution is 5.96. The molecule has 8 atom stereocenters. The second kappa shape index (κ2) is 14.4. The summed E-state index contributed by atoms with van der Waals surface area (Å²) in [6.45, 7) is 12.4. The van der Waals surface area contributed by atoms with Gasteiger partial charge in [-0.1, -0.05) is 96.6 Å². The normalized spacial score (nSPS) is 34.2. The van der Waals surface area contributed by atoms with Crippen molar-refractivity contribution in [3.63, 3.8) is 0 Å². The lowest BCUT2D eigenvalue weighted by molar-refractivity contribution is -0.210. The van der Waals surface area contributed by atoms with Crippen molar-refractivity contribution in [3.8, 4) is 0 Å². The van der Waals surface area contributed by atoms with E-state index < -0.39 is 47.0 Å². The molecule has 0 aromatic heterocycles. The smallest absolute Gasteiger partial charge is 0.331 e. The molecular weight excluding hydrogens is 584 g/mol. The molecule has 2 fully saturated rings. The number of hydrogen-bond acceptors (Lipinski definition) is 8. The summed E-state index contributed by atoms with van der Waals surface area (Å²) in [4.78, 5) is 52.6. The number of unbranched alkanes of at least 4 members (excludes halogenated alkanes) is 7. The molecule has 46 heavy (non-hydrogen) atoms. The van der Waals surface area contributed by atoms with E-state index in [1.165, 1.54) is 58.4 Å². The number of esters is 3. The number of rotatable bonds is 14. The van der Waals surface area contributed by atoms with Crippen LogP contribution < -0.4 is 0 Å². The number of carbonyl (C=O) groups excluding carboxylic acids is 4. The van der Waals surface area contributed by atoms with Gasteiger partial charge in [0.25, 0.3) is 0 Å². The molecule has 4 aliphatic rings. The van der Waals surface area contributed by atoms with E-state index in [0.29, 0.717) is 17.6 Å². The number of Topliss-reactive ketones (excluding diaryl/α,β-unsaturated/α-hetero) is 1. The summed E-state index contributed by atoms with van der Waals surface area (Å²) in [5, 5.41) is 13.0. The van der Waals surface area contributed by atoms with E-state index in [4.69, 9.17) is 14.2 Å². The molecule has 1 spiro atoms. The number of fused-ring (bicyclic) bond motifs is 3. The number of ketones is 1. The van der Waals surface area contributed by atoms with Gasteiger partial charge in [-0.3, -0.25) is 14.4 Å². The van der Waals surface area contributed by atoms with Crippen LogP contribution in [-0.2, 0) is 33.4 Å². The van der Waals surface area contributed by atoms with Gasteiger partial charge in [-0.25, -0.2) is 4.79 Å². The summed E-state index contributed by atoms with van der Waals surface area (Å²) < 4.78 is 17.3. The van der Waals surface area contributed by atoms with Crippen molar-refractivity contribution in [2.75, 3.05) is 6.61 Å². The Balaban J connectivity index is 1.65. The first-order valence-corrected chi connectivity index (χ1v) is 17.2. The zero-order valence-electron chi connectivity index (χ0n) is 28.8. The van der Waals surface area contributed by atoms with Crippen LogP contribution in [0.5, 0.6) is 0 Å². The molecule has 8 nitrogen and oxygen atoms in total. The second-order valence-corrected chi connectivity index (χ2v) is 14.6. The lowest BCUT2D eigenvalue weighted by atomic mass is 9.59. The quantitative estimate of drug-likeness (QED) is 0.0554. The van der Waals surface area contributed by atoms with Gasteiger partial charge < -0.3 is 19.3 Å². The topological polar surface area (TPSA) is 116 Å². The van der Waals surface area contributed by atoms with Crippen LogP contribution in [0.4, 0.5) is 0 Å². The minimum atomic E-state index is -2.16. The van der Waals surface area contributed by atoms with Gasteiger partial charge in [0.2, 0.25) is 0 Å². The molecule has 2 bridgehead atoms. The maximum atomic E-state index is 14.8. The highest BCUT2D eigenvalue weighted by atomic mass is 16.6. The van der Waals surface area contributed by atoms with Gasteiger partial charge >= 0.3 is 17.9 Å². The third-order valence-electron chi connectivity index (χ3n) is 11.1. The van der Waals surface area contributed by atoms with Crippen molar-refractivity contribution in [2.45, 2.75) is 124 Å². The Morgan fingerprint density at radius 3 is 2.30 bits per heavy atom. The Kier molecular flexibility index (Phi) is 11.2. The average Bonchev–Trinajstić information content (AvgIpc) is 3.48. The van der Waals surface area contributed by atoms with E-state index >= 15 is 0 Å². The van der Waals surface area contributed by atoms with Crippen molar-refractivity contribution in [1.82, 2.24) is 0 Å². The zero-order chi connectivity index (χ0) is 33.9. The minimum absolute atomic E-state index is 0.00992. The average molecular weight is 639 g/mol. The minimum Gasteiger partial charge on any atom is -0.461 e. The fourth-order valence-corrected chi connectivity index (χ4v) is 8.76. The predicted molar refractivity (Wildman–Crippen MR) is 175 cm³/mol. The molecule has 254 valence electrons. The third-order valence-corrected chi connectivity index (χ3v) is 11.1. The number of carbonyl (C=O) groups is 4. The van der Waals surface area contributed by atoms with Crippen molar-refractivity contribution in [3.05, 3.63) is 47.6 Å². The molecule has 0 heterocycles. The first-order valence-electron chi connectivity index (χ1n) is 17.2. The molecule has 0 unspecified atom stereocenters. The fourth-order valence-electron chi connectivity index (χ4n) is 8.76. The van der Waals surface area contributed by atoms with Crippen LogP contribution in [0.1, 0.15) is 106 Å². The Morgan fingerprint density at radius 1 is 0.978 bits per heavy atom. The van der Waals surface area contributed by atoms with Gasteiger partial charge in [0.15, 0.2) is 23.6 Å². The van der Waals surface area contributed by atoms with Gasteiger partial charge in [-0.15, -0.1) is 0 Å². The van der Waals surface area contributed by atoms with Crippen molar-refractivity contribution < 1.29 is 38.5 Å². The Bertz CT molecular complexity index is 1300. The van der Waals surface area contributed by atoms with Crippen molar-refractivity contribution >= 4 is 23.7 Å². The van der Waals surface area contributed by atoms with Crippen molar-refractivity contribution in [1.29, 1.82) is 0 Å². The van der Waals surface area contributed by atoms with Gasteiger partial charge in [0, 0.05) is 31.4 Å². The first-order chi connectivity index (χ1) is 21.7. The first kappa shape index (κ1) is 35.8. The predicted octanol–water partition coefficient (Wildman–Crippen LogP) is 6.76. The van der Waals surface area contributed by atoms with Crippen LogP contribution in [0.2, 0.25) is 0 Å². The lowest BCUT2D eigenvalue weighted by Gasteiger charge is -2.49. The molecule has 4 aliphatic carbocycles. The zero-order valence-corrected chi connectivity index (χ0v) is 28.8. The molecule has 8 heteroatoms. The molecule has 4 rings (SSSR count). The van der Waals surface area contributed by atoms with E-state index in [-0.39, 0.29) is 35.6 Å². The lowest BCUT2D eigenvalue weighted by Crippen LogP contribution is -2.66. The summed E-state index contributed by atoms with van der Waals surface area (Å²) in [5.74, 6) is -2.81. The van der Waals surface area contributed by atoms with Crippen LogP contribution in [0.3, 0.4) is 0 Å². The molecule has 0 radical (unpaired) electrons. The number of hydrogen-bond donors (Lipinski definition) is 1. The molecule has 2 saturated carbocycles. The Hall–Kier alpha value is -3.00. The van der Waals surface area contributed by atoms with E-state index in [1.807, 2.05) is 13.0 Å². The monoisotopic (exact) mass is 638 g/mol. The van der Waals surface area contributed by atoms with E-state index in [1.54, 1.807) is 31.2 Å². The largest absolute Gasteiger partial charge is 0.461 e. The molecule has 1 N–H and O–H groups in total. The van der Waals surface area contributed by atoms with Crippen LogP contribution >= 0.6 is 0 Å². The summed E-state index contributed by atoms with van der Waals surface area (Å²) in [6, 6.07) is 0. The summed E-state index contributed by atoms with van der Waals surface area (Å²) >= 11 is 0. The van der Waals surface area contributed by atoms with Crippen LogP contribution in [0.15, 0.2) is 47.6 Å². The van der Waals surface area contributed by atoms with Crippen LogP contribution in [-0.4, -0.2) is 53.2 Å². The van der Waals surface area contributed by atoms with Gasteiger partial charge in [-0.2, -0.15) is 0 Å². The van der Waals surface area contributed by atoms with Gasteiger partial charge in [0.1, 0.15) is 6.61 Å². The third kappa shape index (κ3) is 6.69. The molecule has 0 aromatic rings. The standard InChI is InChI=1S/C38H54O8/c1-8-9-10-11-12-13-14-15-16-17-18-19-31(41)46-35-28(23-44-26(4)39)21-29-32-30(36(32,6)7)20-25(3)37(33(29)42)22-24(2)34(38(35,37)43)45-27(5)40/h16-19,21-22,25,29-30,32,34-35,43H,8-15,20,23H2,1-7H3/b17-16-,19-18+/t25-,29-,30-,32+,34+,35-,37+,38-/m1/s1. The number of ether oxygens (including phenoxy) is 3. The number of aliphatic hydroxyl groups is 1. The summed E-state index contributed by atoms with van der Waals surface area (Å²) in [6.07, 6.45) is 17.7. The molecule has 0 aromatic carbocycles. The van der Waals surface area contributed by atoms with E-state index in [0.717, 1.165) is 12.8 Å². The van der Waals surface area contributed by atoms with Gasteiger partial charge in [0.05, 0.1) is 5.41 Å². The van der Waals surface area contributed by atoms with Crippen LogP contribution in [0.25, 0.3) is 0 Å². The molecular formula is C38H54O8. The number of allylic oxidation sites excluding steroid dienone is 4. The highest BCUT2D eigenvalue weighted by Gasteiger charge is 2.77. The SMILES string of the molecule is CCCCCCCCC/C=C\C=C\C(=O)O[C@@H]1C(COC(C)=O)=C[C@H]2C(=O)[C@]3(C=C(C)[C@H](OC(C)=O)[C@@]13O)[C@H](C)C[C@@H]1[C@H]2C1(C)C. The van der Waals surface area contributed by atoms with Crippen molar-refractivity contribution in [2.24, 2.45) is 34.5 Å². The molecule has 0 aliphatic heterocycles. The molecule has 0 amide bonds. The van der Waals surface area contributed by atoms with E-state index in [2.05, 4.69) is 20.8 Å². The Morgan fingerprint density at radius 2 is 1.65 bits per heavy atom. The Labute approximate surface area is 274 Å². The van der Waals surface area contributed by atoms with Gasteiger partial charge in [-0.05, 0) is 54.9 Å².